The summed E-state index contributed by atoms with van der Waals surface area (Å²) in [6.45, 7) is 11.0. The Morgan fingerprint density at radius 1 is 0.833 bits per heavy atom. The van der Waals surface area contributed by atoms with Crippen molar-refractivity contribution in [1.29, 1.82) is 0 Å². The number of fused-ring (bicyclic) bond motifs is 3. The molecule has 0 spiro atoms. The van der Waals surface area contributed by atoms with Gasteiger partial charge in [-0.3, -0.25) is 0 Å². The first-order valence-electron chi connectivity index (χ1n) is 8.02. The fourth-order valence-corrected chi connectivity index (χ4v) is 6.01. The third kappa shape index (κ3) is 1.69. The highest BCUT2D eigenvalue weighted by molar-refractivity contribution is 5.08. The average Bonchev–Trinajstić information content (AvgIpc) is 2.27. The van der Waals surface area contributed by atoms with Crippen LogP contribution < -0.4 is 0 Å². The standard InChI is InChI=1S/C17H30O/c1-15(2)9-6-10-16(3)13(15)8-11-17(4)14(16)7-5-12-18-17/h13-14H,5-12H2,1-4H3/t13-,14+,16?,17+/m0/s1. The van der Waals surface area contributed by atoms with Crippen LogP contribution in [0.1, 0.15) is 72.6 Å². The Labute approximate surface area is 113 Å². The fourth-order valence-electron chi connectivity index (χ4n) is 6.01. The predicted octanol–water partition coefficient (Wildman–Crippen LogP) is 4.80. The highest BCUT2D eigenvalue weighted by Crippen LogP contribution is 2.64. The van der Waals surface area contributed by atoms with Crippen molar-refractivity contribution >= 4 is 0 Å². The lowest BCUT2D eigenvalue weighted by Gasteiger charge is -2.63. The molecule has 3 fully saturated rings. The third-order valence-corrected chi connectivity index (χ3v) is 6.81. The monoisotopic (exact) mass is 250 g/mol. The smallest absolute Gasteiger partial charge is 0.0687 e. The first-order valence-corrected chi connectivity index (χ1v) is 8.02. The summed E-state index contributed by atoms with van der Waals surface area (Å²) >= 11 is 0. The lowest BCUT2D eigenvalue weighted by molar-refractivity contribution is -0.212. The van der Waals surface area contributed by atoms with Crippen molar-refractivity contribution in [3.05, 3.63) is 0 Å². The van der Waals surface area contributed by atoms with Gasteiger partial charge in [0.1, 0.15) is 0 Å². The third-order valence-electron chi connectivity index (χ3n) is 6.81. The molecule has 2 saturated carbocycles. The molecule has 0 amide bonds. The molecule has 0 bridgehead atoms. The summed E-state index contributed by atoms with van der Waals surface area (Å²) in [6.07, 6.45) is 9.65. The Morgan fingerprint density at radius 3 is 2.39 bits per heavy atom. The fraction of sp³-hybridized carbons (Fsp3) is 1.00. The molecular formula is C17H30O. The van der Waals surface area contributed by atoms with E-state index < -0.39 is 0 Å². The first kappa shape index (κ1) is 13.0. The zero-order valence-corrected chi connectivity index (χ0v) is 12.7. The van der Waals surface area contributed by atoms with Crippen LogP contribution in [-0.4, -0.2) is 12.2 Å². The van der Waals surface area contributed by atoms with E-state index in [-0.39, 0.29) is 5.60 Å². The van der Waals surface area contributed by atoms with Crippen molar-refractivity contribution in [1.82, 2.24) is 0 Å². The normalized spacial score (nSPS) is 51.3. The molecule has 104 valence electrons. The molecule has 2 aliphatic carbocycles. The molecule has 1 unspecified atom stereocenters. The molecule has 1 aliphatic heterocycles. The van der Waals surface area contributed by atoms with E-state index in [1.54, 1.807) is 0 Å². The Bertz CT molecular complexity index is 335. The Kier molecular flexibility index (Phi) is 2.86. The minimum Gasteiger partial charge on any atom is -0.375 e. The molecule has 3 rings (SSSR count). The molecule has 4 atom stereocenters. The quantitative estimate of drug-likeness (QED) is 0.600. The molecule has 3 aliphatic rings. The molecule has 0 aromatic heterocycles. The minimum absolute atomic E-state index is 0.191. The minimum atomic E-state index is 0.191. The van der Waals surface area contributed by atoms with Crippen molar-refractivity contribution in [2.75, 3.05) is 6.61 Å². The maximum Gasteiger partial charge on any atom is 0.0687 e. The SMILES string of the molecule is CC1(C)CCCC2(C)[C@H]3CCCO[C@]3(C)CC[C@@H]12. The second kappa shape index (κ2) is 3.98. The van der Waals surface area contributed by atoms with E-state index in [1.807, 2.05) is 0 Å². The van der Waals surface area contributed by atoms with Gasteiger partial charge in [0.15, 0.2) is 0 Å². The van der Waals surface area contributed by atoms with Crippen LogP contribution in [0.2, 0.25) is 0 Å². The summed E-state index contributed by atoms with van der Waals surface area (Å²) in [7, 11) is 0. The van der Waals surface area contributed by atoms with Gasteiger partial charge in [0.2, 0.25) is 0 Å². The second-order valence-electron chi connectivity index (χ2n) is 8.30. The van der Waals surface area contributed by atoms with E-state index in [1.165, 1.54) is 44.9 Å². The summed E-state index contributed by atoms with van der Waals surface area (Å²) < 4.78 is 6.25. The van der Waals surface area contributed by atoms with Crippen LogP contribution in [0, 0.1) is 22.7 Å². The van der Waals surface area contributed by atoms with Gasteiger partial charge in [0, 0.05) is 6.61 Å². The van der Waals surface area contributed by atoms with Crippen LogP contribution in [-0.2, 0) is 4.74 Å². The van der Waals surface area contributed by atoms with Crippen molar-refractivity contribution < 1.29 is 4.74 Å². The van der Waals surface area contributed by atoms with E-state index in [4.69, 9.17) is 4.74 Å². The highest BCUT2D eigenvalue weighted by atomic mass is 16.5. The Balaban J connectivity index is 1.96. The van der Waals surface area contributed by atoms with Gasteiger partial charge in [0.05, 0.1) is 5.60 Å². The van der Waals surface area contributed by atoms with Crippen molar-refractivity contribution in [3.63, 3.8) is 0 Å². The Hall–Kier alpha value is -0.0400. The summed E-state index contributed by atoms with van der Waals surface area (Å²) in [5, 5.41) is 0. The molecule has 0 N–H and O–H groups in total. The molecule has 1 saturated heterocycles. The van der Waals surface area contributed by atoms with Crippen LogP contribution in [0.3, 0.4) is 0 Å². The van der Waals surface area contributed by atoms with E-state index in [0.717, 1.165) is 18.4 Å². The van der Waals surface area contributed by atoms with Crippen molar-refractivity contribution in [3.8, 4) is 0 Å². The van der Waals surface area contributed by atoms with E-state index >= 15 is 0 Å². The van der Waals surface area contributed by atoms with E-state index in [2.05, 4.69) is 27.7 Å². The van der Waals surface area contributed by atoms with Gasteiger partial charge in [-0.05, 0) is 68.1 Å². The van der Waals surface area contributed by atoms with Gasteiger partial charge in [-0.1, -0.05) is 27.2 Å². The number of hydrogen-bond acceptors (Lipinski definition) is 1. The maximum absolute atomic E-state index is 6.25. The van der Waals surface area contributed by atoms with Crippen molar-refractivity contribution in [2.24, 2.45) is 22.7 Å². The summed E-state index contributed by atoms with van der Waals surface area (Å²) in [5.74, 6) is 1.72. The van der Waals surface area contributed by atoms with Gasteiger partial charge in [-0.25, -0.2) is 0 Å². The molecule has 1 nitrogen and oxygen atoms in total. The number of hydrogen-bond donors (Lipinski definition) is 0. The number of ether oxygens (including phenoxy) is 1. The molecule has 18 heavy (non-hydrogen) atoms. The molecule has 1 heterocycles. The van der Waals surface area contributed by atoms with E-state index in [0.29, 0.717) is 10.8 Å². The van der Waals surface area contributed by atoms with Crippen LogP contribution in [0.15, 0.2) is 0 Å². The van der Waals surface area contributed by atoms with Crippen LogP contribution in [0.4, 0.5) is 0 Å². The zero-order valence-electron chi connectivity index (χ0n) is 12.7. The largest absolute Gasteiger partial charge is 0.375 e. The van der Waals surface area contributed by atoms with Crippen LogP contribution in [0.5, 0.6) is 0 Å². The first-order chi connectivity index (χ1) is 8.39. The Morgan fingerprint density at radius 2 is 1.61 bits per heavy atom. The zero-order chi connectivity index (χ0) is 13.0. The predicted molar refractivity (Wildman–Crippen MR) is 75.5 cm³/mol. The molecule has 1 heteroatoms. The lowest BCUT2D eigenvalue weighted by Crippen LogP contribution is -2.59. The molecule has 0 aromatic carbocycles. The summed E-state index contributed by atoms with van der Waals surface area (Å²) in [5.41, 5.74) is 1.28. The van der Waals surface area contributed by atoms with Gasteiger partial charge >= 0.3 is 0 Å². The number of rotatable bonds is 0. The summed E-state index contributed by atoms with van der Waals surface area (Å²) in [6, 6.07) is 0. The lowest BCUT2D eigenvalue weighted by atomic mass is 9.45. The average molecular weight is 250 g/mol. The van der Waals surface area contributed by atoms with E-state index in [9.17, 15) is 0 Å². The highest BCUT2D eigenvalue weighted by Gasteiger charge is 2.59. The molecule has 0 radical (unpaired) electrons. The molecular weight excluding hydrogens is 220 g/mol. The second-order valence-corrected chi connectivity index (χ2v) is 8.30. The van der Waals surface area contributed by atoms with Gasteiger partial charge < -0.3 is 4.74 Å². The van der Waals surface area contributed by atoms with Gasteiger partial charge in [-0.2, -0.15) is 0 Å². The topological polar surface area (TPSA) is 9.23 Å². The summed E-state index contributed by atoms with van der Waals surface area (Å²) in [4.78, 5) is 0. The van der Waals surface area contributed by atoms with Crippen molar-refractivity contribution in [2.45, 2.75) is 78.2 Å². The molecule has 0 aromatic rings. The van der Waals surface area contributed by atoms with Crippen LogP contribution >= 0.6 is 0 Å². The maximum atomic E-state index is 6.25. The van der Waals surface area contributed by atoms with Gasteiger partial charge in [-0.15, -0.1) is 0 Å². The van der Waals surface area contributed by atoms with Crippen LogP contribution in [0.25, 0.3) is 0 Å². The van der Waals surface area contributed by atoms with Gasteiger partial charge in [0.25, 0.3) is 0 Å².